The van der Waals surface area contributed by atoms with Crippen LogP contribution in [0.4, 0.5) is 5.82 Å². The summed E-state index contributed by atoms with van der Waals surface area (Å²) in [6.45, 7) is 2.69. The number of rotatable bonds is 30. The first-order valence-corrected chi connectivity index (χ1v) is 25.8. The number of hydrogen-bond donors (Lipinski definition) is 9. The minimum atomic E-state index is -5.57. The molecule has 24 nitrogen and oxygen atoms in total. The van der Waals surface area contributed by atoms with E-state index in [1.807, 2.05) is 0 Å². The number of aliphatic hydroxyl groups excluding tert-OH is 2. The number of phosphoric ester groups is 3. The zero-order valence-electron chi connectivity index (χ0n) is 35.3. The Bertz CT molecular complexity index is 1970. The second kappa shape index (κ2) is 25.9. The van der Waals surface area contributed by atoms with E-state index >= 15 is 0 Å². The van der Waals surface area contributed by atoms with Crippen LogP contribution in [0.3, 0.4) is 0 Å². The molecule has 0 radical (unpaired) electrons. The fraction of sp³-hybridized carbons (Fsp3) is 0.714. The Morgan fingerprint density at radius 1 is 0.952 bits per heavy atom. The van der Waals surface area contributed by atoms with E-state index in [0.717, 1.165) is 67.5 Å². The van der Waals surface area contributed by atoms with E-state index in [-0.39, 0.29) is 41.6 Å². The minimum absolute atomic E-state index is 0.0327. The van der Waals surface area contributed by atoms with E-state index in [1.165, 1.54) is 33.1 Å². The van der Waals surface area contributed by atoms with Crippen LogP contribution in [-0.4, -0.2) is 123 Å². The summed E-state index contributed by atoms with van der Waals surface area (Å²) in [5.41, 5.74) is 4.28. The van der Waals surface area contributed by atoms with E-state index in [9.17, 15) is 57.9 Å². The molecule has 7 atom stereocenters. The van der Waals surface area contributed by atoms with E-state index in [4.69, 9.17) is 19.5 Å². The molecule has 1 saturated heterocycles. The van der Waals surface area contributed by atoms with Gasteiger partial charge in [0.15, 0.2) is 22.8 Å². The fourth-order valence-corrected chi connectivity index (χ4v) is 9.62. The number of unbranched alkanes of at least 4 members (excludes halogenated alkanes) is 7. The van der Waals surface area contributed by atoms with Crippen molar-refractivity contribution in [1.82, 2.24) is 30.2 Å². The van der Waals surface area contributed by atoms with Gasteiger partial charge < -0.3 is 50.9 Å². The summed E-state index contributed by atoms with van der Waals surface area (Å²) in [4.78, 5) is 88.1. The van der Waals surface area contributed by atoms with Crippen LogP contribution >= 0.6 is 35.2 Å². The summed E-state index contributed by atoms with van der Waals surface area (Å²) >= 11 is 1.15. The van der Waals surface area contributed by atoms with Crippen LogP contribution in [0.25, 0.3) is 11.2 Å². The first-order chi connectivity index (χ1) is 29.6. The Kier molecular flexibility index (Phi) is 22.4. The summed E-state index contributed by atoms with van der Waals surface area (Å²) in [7, 11) is -16.4. The molecule has 1 fully saturated rings. The maximum absolute atomic E-state index is 12.7. The average Bonchev–Trinajstić information content (AvgIpc) is 3.76. The zero-order valence-corrected chi connectivity index (χ0v) is 38.8. The van der Waals surface area contributed by atoms with Gasteiger partial charge in [-0.3, -0.25) is 32.5 Å². The first-order valence-electron chi connectivity index (χ1n) is 20.3. The van der Waals surface area contributed by atoms with Crippen LogP contribution in [-0.2, 0) is 50.7 Å². The molecule has 2 aromatic rings. The molecule has 2 amide bonds. The molecule has 0 bridgehead atoms. The number of phosphoric acid groups is 3. The van der Waals surface area contributed by atoms with Crippen LogP contribution in [0.15, 0.2) is 24.8 Å². The number of nitrogens with one attached hydrogen (secondary N) is 2. The number of nitrogen functional groups attached to an aromatic ring is 1. The number of carbonyl (C=O) groups excluding carboxylic acids is 3. The number of nitrogens with two attached hydrogens (primary N) is 1. The maximum Gasteiger partial charge on any atom is 0.481 e. The Hall–Kier alpha value is -2.70. The van der Waals surface area contributed by atoms with Crippen molar-refractivity contribution in [2.24, 2.45) is 5.41 Å². The molecule has 10 N–H and O–H groups in total. The summed E-state index contributed by atoms with van der Waals surface area (Å²) < 4.78 is 62.3. The molecule has 1 aliphatic rings. The van der Waals surface area contributed by atoms with Crippen molar-refractivity contribution in [2.45, 2.75) is 122 Å². The predicted molar refractivity (Wildman–Crippen MR) is 228 cm³/mol. The highest BCUT2D eigenvalue weighted by molar-refractivity contribution is 8.13. The highest BCUT2D eigenvalue weighted by Crippen LogP contribution is 2.61. The van der Waals surface area contributed by atoms with E-state index in [2.05, 4.69) is 53.5 Å². The number of hydrogen-bond acceptors (Lipinski definition) is 18. The number of anilines is 1. The molecule has 0 aliphatic carbocycles. The predicted octanol–water partition coefficient (Wildman–Crippen LogP) is 3.14. The monoisotopic (exact) mass is 975 g/mol. The van der Waals surface area contributed by atoms with Crippen LogP contribution < -0.4 is 16.4 Å². The second-order valence-electron chi connectivity index (χ2n) is 15.2. The Morgan fingerprint density at radius 3 is 2.30 bits per heavy atom. The molecule has 0 aromatic carbocycles. The van der Waals surface area contributed by atoms with Crippen molar-refractivity contribution >= 4 is 69.1 Å². The summed E-state index contributed by atoms with van der Waals surface area (Å²) in [6, 6.07) is 0. The van der Waals surface area contributed by atoms with Crippen LogP contribution in [0.5, 0.6) is 0 Å². The highest BCUT2D eigenvalue weighted by atomic mass is 32.2. The van der Waals surface area contributed by atoms with Crippen molar-refractivity contribution < 1.29 is 80.5 Å². The normalized spacial score (nSPS) is 20.7. The first kappa shape index (κ1) is 54.6. The molecular weight excluding hydrogens is 915 g/mol. The van der Waals surface area contributed by atoms with Gasteiger partial charge in [0.1, 0.15) is 36.3 Å². The van der Waals surface area contributed by atoms with Gasteiger partial charge in [-0.25, -0.2) is 28.6 Å². The lowest BCUT2D eigenvalue weighted by Crippen LogP contribution is -2.46. The van der Waals surface area contributed by atoms with E-state index in [0.29, 0.717) is 12.2 Å². The number of carbonyl (C=O) groups is 3. The lowest BCUT2D eigenvalue weighted by Gasteiger charge is -2.30. The standard InChI is InChI=1S/C35H60N7O17P3S/c1-4-5-6-7-8-9-10-11-12-13-14-15-26(44)63-19-18-37-25(43)16-17-38-33(47)30(46)35(2,3)21-56-62(53,54)59-61(51,52)55-20-24-29(58-60(48,49)50)28(45)34(57-24)42-23-41-27-31(36)39-22-40-32(27)42/h5-6,22-24,28-30,34,45-46H,4,7-21H2,1-3H3,(H,37,43)(H,38,47)(H,51,52)(H,53,54)(H2,36,39,40)(H2,48,49,50)/b6-5+/t24-,28?,29+,30+,34-/m1/s1. The molecule has 0 saturated carbocycles. The number of amides is 2. The van der Waals surface area contributed by atoms with E-state index in [1.54, 1.807) is 0 Å². The lowest BCUT2D eigenvalue weighted by atomic mass is 9.87. The number of fused-ring (bicyclic) bond motifs is 1. The molecule has 3 unspecified atom stereocenters. The molecular formula is C35H60N7O17P3S. The second-order valence-corrected chi connectivity index (χ2v) is 20.6. The minimum Gasteiger partial charge on any atom is -0.386 e. The molecule has 358 valence electrons. The van der Waals surface area contributed by atoms with Gasteiger partial charge in [0.25, 0.3) is 0 Å². The van der Waals surface area contributed by atoms with Crippen LogP contribution in [0.2, 0.25) is 0 Å². The smallest absolute Gasteiger partial charge is 0.386 e. The van der Waals surface area contributed by atoms with E-state index < -0.39 is 84.6 Å². The topological polar surface area (TPSA) is 364 Å². The number of thioether (sulfide) groups is 1. The Labute approximate surface area is 368 Å². The van der Waals surface area contributed by atoms with Crippen molar-refractivity contribution in [3.05, 3.63) is 24.8 Å². The number of imidazole rings is 1. The van der Waals surface area contributed by atoms with Gasteiger partial charge in [-0.1, -0.05) is 76.8 Å². The largest absolute Gasteiger partial charge is 0.481 e. The fourth-order valence-electron chi connectivity index (χ4n) is 6.07. The van der Waals surface area contributed by atoms with Crippen molar-refractivity contribution in [2.75, 3.05) is 37.8 Å². The quantitative estimate of drug-likeness (QED) is 0.0308. The lowest BCUT2D eigenvalue weighted by molar-refractivity contribution is -0.137. The Morgan fingerprint density at radius 2 is 1.62 bits per heavy atom. The maximum atomic E-state index is 12.7. The third kappa shape index (κ3) is 19.4. The zero-order chi connectivity index (χ0) is 46.8. The van der Waals surface area contributed by atoms with Gasteiger partial charge in [0, 0.05) is 37.1 Å². The average molecular weight is 976 g/mol. The third-order valence-electron chi connectivity index (χ3n) is 9.42. The van der Waals surface area contributed by atoms with Crippen molar-refractivity contribution in [3.8, 4) is 0 Å². The molecule has 2 aromatic heterocycles. The van der Waals surface area contributed by atoms with Gasteiger partial charge in [-0.2, -0.15) is 4.31 Å². The molecule has 63 heavy (non-hydrogen) atoms. The SMILES string of the molecule is CC/C=C/CCCCCCCCCC(=O)SCCNC(=O)CCNC(=O)[C@H](O)C(C)(C)COP(=O)(O)OP(=O)(O)OC[C@H]1O[C@@H](n2cnc3c(N)ncnc32)C(O)[C@H]1OP(=O)(O)O. The molecule has 3 heterocycles. The van der Waals surface area contributed by atoms with Gasteiger partial charge in [-0.05, 0) is 25.7 Å². The number of aromatic nitrogens is 4. The molecule has 3 rings (SSSR count). The number of nitrogens with zero attached hydrogens (tertiary/aromatic N) is 4. The summed E-state index contributed by atoms with van der Waals surface area (Å²) in [6.07, 6.45) is 7.92. The highest BCUT2D eigenvalue weighted by Gasteiger charge is 2.50. The molecule has 28 heteroatoms. The van der Waals surface area contributed by atoms with Gasteiger partial charge >= 0.3 is 23.5 Å². The number of allylic oxidation sites excluding steroid dienone is 2. The summed E-state index contributed by atoms with van der Waals surface area (Å²) in [5, 5.41) is 26.6. The third-order valence-corrected chi connectivity index (χ3v) is 13.5. The van der Waals surface area contributed by atoms with Crippen LogP contribution in [0, 0.1) is 5.41 Å². The summed E-state index contributed by atoms with van der Waals surface area (Å²) in [5.74, 6) is -1.03. The van der Waals surface area contributed by atoms with Crippen molar-refractivity contribution in [3.63, 3.8) is 0 Å². The van der Waals surface area contributed by atoms with Crippen molar-refractivity contribution in [1.29, 1.82) is 0 Å². The Balaban J connectivity index is 1.36. The van der Waals surface area contributed by atoms with Gasteiger partial charge in [0.05, 0.1) is 19.5 Å². The van der Waals surface area contributed by atoms with Gasteiger partial charge in [-0.15, -0.1) is 0 Å². The number of ether oxygens (including phenoxy) is 1. The molecule has 0 spiro atoms. The van der Waals surface area contributed by atoms with Gasteiger partial charge in [0.2, 0.25) is 11.8 Å². The number of aliphatic hydroxyl groups is 2. The molecule has 1 aliphatic heterocycles. The van der Waals surface area contributed by atoms with Crippen LogP contribution in [0.1, 0.15) is 97.6 Å².